The van der Waals surface area contributed by atoms with Gasteiger partial charge in [0.1, 0.15) is 6.10 Å². The molecule has 0 unspecified atom stereocenters. The highest BCUT2D eigenvalue weighted by Crippen LogP contribution is 2.21. The maximum absolute atomic E-state index is 12.8. The van der Waals surface area contributed by atoms with Crippen LogP contribution in [0.25, 0.3) is 10.9 Å². The van der Waals surface area contributed by atoms with Crippen molar-refractivity contribution in [3.63, 3.8) is 0 Å². The Morgan fingerprint density at radius 2 is 2.27 bits per heavy atom. The summed E-state index contributed by atoms with van der Waals surface area (Å²) in [6.07, 6.45) is 3.50. The first-order valence-corrected chi connectivity index (χ1v) is 8.52. The zero-order valence-electron chi connectivity index (χ0n) is 14.8. The quantitative estimate of drug-likeness (QED) is 0.742. The highest BCUT2D eigenvalue weighted by Gasteiger charge is 2.35. The van der Waals surface area contributed by atoms with E-state index in [1.165, 1.54) is 0 Å². The van der Waals surface area contributed by atoms with Gasteiger partial charge in [-0.2, -0.15) is 10.2 Å². The topological polar surface area (TPSA) is 85.3 Å². The number of aromatic amines is 1. The van der Waals surface area contributed by atoms with Crippen molar-refractivity contribution >= 4 is 16.8 Å². The summed E-state index contributed by atoms with van der Waals surface area (Å²) in [5.74, 6) is 0.670. The Hall–Kier alpha value is -2.87. The molecule has 1 aromatic carbocycles. The predicted molar refractivity (Wildman–Crippen MR) is 94.8 cm³/mol. The number of ether oxygens (including phenoxy) is 2. The third-order valence-electron chi connectivity index (χ3n) is 4.73. The molecular formula is C18H21N5O3. The van der Waals surface area contributed by atoms with Crippen molar-refractivity contribution in [2.24, 2.45) is 7.05 Å². The van der Waals surface area contributed by atoms with E-state index in [4.69, 9.17) is 9.47 Å². The van der Waals surface area contributed by atoms with E-state index in [0.29, 0.717) is 19.0 Å². The third kappa shape index (κ3) is 3.15. The number of amides is 1. The number of aryl methyl sites for hydroxylation is 1. The Morgan fingerprint density at radius 1 is 1.42 bits per heavy atom. The fourth-order valence-electron chi connectivity index (χ4n) is 3.24. The average molecular weight is 355 g/mol. The fraction of sp³-hybridized carbons (Fsp3) is 0.389. The van der Waals surface area contributed by atoms with Crippen LogP contribution in [-0.2, 0) is 23.0 Å². The average Bonchev–Trinajstić information content (AvgIpc) is 3.36. The van der Waals surface area contributed by atoms with Crippen LogP contribution in [0.4, 0.5) is 0 Å². The van der Waals surface area contributed by atoms with Gasteiger partial charge in [-0.1, -0.05) is 18.2 Å². The highest BCUT2D eigenvalue weighted by molar-refractivity contribution is 5.87. The van der Waals surface area contributed by atoms with Crippen molar-refractivity contribution in [2.75, 3.05) is 20.3 Å². The molecule has 26 heavy (non-hydrogen) atoms. The van der Waals surface area contributed by atoms with Crippen LogP contribution in [0.15, 0.2) is 36.7 Å². The Labute approximate surface area is 150 Å². The van der Waals surface area contributed by atoms with E-state index in [9.17, 15) is 4.79 Å². The van der Waals surface area contributed by atoms with Gasteiger partial charge >= 0.3 is 0 Å². The molecule has 1 aliphatic rings. The number of nitrogens with zero attached hydrogens (tertiary/aromatic N) is 4. The molecule has 2 aromatic heterocycles. The highest BCUT2D eigenvalue weighted by atomic mass is 16.5. The Kier molecular flexibility index (Phi) is 4.34. The zero-order chi connectivity index (χ0) is 18.1. The molecule has 0 aliphatic carbocycles. The van der Waals surface area contributed by atoms with Crippen LogP contribution in [0.2, 0.25) is 0 Å². The zero-order valence-corrected chi connectivity index (χ0v) is 14.8. The van der Waals surface area contributed by atoms with Crippen LogP contribution in [0.5, 0.6) is 5.75 Å². The lowest BCUT2D eigenvalue weighted by atomic mass is 10.1. The standard InChI is InChI=1S/C18H21N5O3/c1-22-9-12(8-19-22)26-17-11-25-10-16(17)23(2)18(24)7-15-13-5-3-4-6-14(13)20-21-15/h3-6,8-9,16-17H,7,10-11H2,1-2H3,(H,20,21)/t16-,17+/m0/s1. The van der Waals surface area contributed by atoms with Gasteiger partial charge in [0, 0.05) is 19.5 Å². The van der Waals surface area contributed by atoms with Gasteiger partial charge < -0.3 is 14.4 Å². The number of para-hydroxylation sites is 1. The summed E-state index contributed by atoms with van der Waals surface area (Å²) in [6.45, 7) is 0.904. The van der Waals surface area contributed by atoms with E-state index in [1.807, 2.05) is 31.3 Å². The van der Waals surface area contributed by atoms with Crippen molar-refractivity contribution < 1.29 is 14.3 Å². The van der Waals surface area contributed by atoms with Crippen LogP contribution < -0.4 is 4.74 Å². The van der Waals surface area contributed by atoms with Gasteiger partial charge in [0.15, 0.2) is 5.75 Å². The Balaban J connectivity index is 1.45. The molecule has 8 heteroatoms. The van der Waals surface area contributed by atoms with Gasteiger partial charge in [-0.25, -0.2) is 0 Å². The summed E-state index contributed by atoms with van der Waals surface area (Å²) in [6, 6.07) is 7.62. The van der Waals surface area contributed by atoms with E-state index in [-0.39, 0.29) is 24.5 Å². The van der Waals surface area contributed by atoms with Crippen molar-refractivity contribution in [2.45, 2.75) is 18.6 Å². The van der Waals surface area contributed by atoms with E-state index in [2.05, 4.69) is 15.3 Å². The number of carbonyl (C=O) groups is 1. The van der Waals surface area contributed by atoms with Gasteiger partial charge in [0.2, 0.25) is 5.91 Å². The molecule has 2 atom stereocenters. The molecule has 0 spiro atoms. The number of hydrogen-bond acceptors (Lipinski definition) is 5. The monoisotopic (exact) mass is 355 g/mol. The van der Waals surface area contributed by atoms with Crippen LogP contribution in [0, 0.1) is 0 Å². The van der Waals surface area contributed by atoms with Crippen molar-refractivity contribution in [1.29, 1.82) is 0 Å². The molecule has 0 saturated carbocycles. The number of nitrogens with one attached hydrogen (secondary N) is 1. The molecule has 136 valence electrons. The van der Waals surface area contributed by atoms with Crippen LogP contribution in [0.1, 0.15) is 5.69 Å². The number of carbonyl (C=O) groups excluding carboxylic acids is 1. The predicted octanol–water partition coefficient (Wildman–Crippen LogP) is 1.14. The number of rotatable bonds is 5. The number of benzene rings is 1. The van der Waals surface area contributed by atoms with Crippen LogP contribution in [-0.4, -0.2) is 63.2 Å². The molecule has 0 bridgehead atoms. The number of H-pyrrole nitrogens is 1. The lowest BCUT2D eigenvalue weighted by Gasteiger charge is -2.28. The third-order valence-corrected chi connectivity index (χ3v) is 4.73. The van der Waals surface area contributed by atoms with Crippen molar-refractivity contribution in [3.05, 3.63) is 42.4 Å². The van der Waals surface area contributed by atoms with Crippen LogP contribution in [0.3, 0.4) is 0 Å². The number of aromatic nitrogens is 4. The minimum absolute atomic E-state index is 0.00492. The molecule has 1 saturated heterocycles. The van der Waals surface area contributed by atoms with E-state index in [1.54, 1.807) is 29.0 Å². The summed E-state index contributed by atoms with van der Waals surface area (Å²) < 4.78 is 13.2. The first-order valence-electron chi connectivity index (χ1n) is 8.52. The SMILES string of the molecule is CN(C(=O)Cc1[nH]nc2ccccc12)[C@H]1COC[C@H]1Oc1cnn(C)c1. The first kappa shape index (κ1) is 16.6. The molecular weight excluding hydrogens is 334 g/mol. The van der Waals surface area contributed by atoms with Gasteiger partial charge in [-0.15, -0.1) is 0 Å². The minimum atomic E-state index is -0.216. The Bertz CT molecular complexity index is 918. The second-order valence-corrected chi connectivity index (χ2v) is 6.51. The first-order chi connectivity index (χ1) is 12.6. The largest absolute Gasteiger partial charge is 0.482 e. The van der Waals surface area contributed by atoms with E-state index < -0.39 is 0 Å². The molecule has 1 fully saturated rings. The van der Waals surface area contributed by atoms with Crippen molar-refractivity contribution in [1.82, 2.24) is 24.9 Å². The van der Waals surface area contributed by atoms with Gasteiger partial charge in [0.25, 0.3) is 0 Å². The molecule has 3 aromatic rings. The number of likely N-dealkylation sites (N-methyl/N-ethyl adjacent to an activating group) is 1. The maximum atomic E-state index is 12.8. The molecule has 1 N–H and O–H groups in total. The summed E-state index contributed by atoms with van der Waals surface area (Å²) >= 11 is 0. The van der Waals surface area contributed by atoms with Gasteiger partial charge in [-0.05, 0) is 6.07 Å². The molecule has 4 rings (SSSR count). The minimum Gasteiger partial charge on any atom is -0.482 e. The normalized spacial score (nSPS) is 19.8. The second-order valence-electron chi connectivity index (χ2n) is 6.51. The molecule has 3 heterocycles. The fourth-order valence-corrected chi connectivity index (χ4v) is 3.24. The summed E-state index contributed by atoms with van der Waals surface area (Å²) in [5, 5.41) is 12.3. The molecule has 1 aliphatic heterocycles. The molecule has 8 nitrogen and oxygen atoms in total. The second kappa shape index (κ2) is 6.80. The summed E-state index contributed by atoms with van der Waals surface area (Å²) in [4.78, 5) is 14.5. The Morgan fingerprint density at radius 3 is 3.08 bits per heavy atom. The molecule has 1 amide bonds. The summed E-state index contributed by atoms with van der Waals surface area (Å²) in [7, 11) is 3.62. The molecule has 0 radical (unpaired) electrons. The van der Waals surface area contributed by atoms with E-state index >= 15 is 0 Å². The van der Waals surface area contributed by atoms with Crippen molar-refractivity contribution in [3.8, 4) is 5.75 Å². The van der Waals surface area contributed by atoms with E-state index in [0.717, 1.165) is 16.6 Å². The lowest BCUT2D eigenvalue weighted by molar-refractivity contribution is -0.132. The van der Waals surface area contributed by atoms with Gasteiger partial charge in [0.05, 0.1) is 49.3 Å². The number of fused-ring (bicyclic) bond motifs is 1. The summed E-state index contributed by atoms with van der Waals surface area (Å²) in [5.41, 5.74) is 1.68. The lowest BCUT2D eigenvalue weighted by Crippen LogP contribution is -2.46. The smallest absolute Gasteiger partial charge is 0.228 e. The maximum Gasteiger partial charge on any atom is 0.228 e. The van der Waals surface area contributed by atoms with Gasteiger partial charge in [-0.3, -0.25) is 14.6 Å². The van der Waals surface area contributed by atoms with Crippen LogP contribution >= 0.6 is 0 Å². The number of hydrogen-bond donors (Lipinski definition) is 1.